The molecule has 3 aromatic carbocycles. The number of benzene rings is 3. The van der Waals surface area contributed by atoms with Crippen molar-refractivity contribution in [2.24, 2.45) is 0 Å². The molecule has 1 N–H and O–H groups in total. The average molecular weight is 488 g/mol. The molecule has 0 saturated heterocycles. The summed E-state index contributed by atoms with van der Waals surface area (Å²) in [5.41, 5.74) is 0.654. The fourth-order valence-electron chi connectivity index (χ4n) is 3.23. The number of amides is 1. The highest BCUT2D eigenvalue weighted by Crippen LogP contribution is 2.36. The number of nitrogens with zero attached hydrogens (tertiary/aromatic N) is 2. The van der Waals surface area contributed by atoms with E-state index in [0.29, 0.717) is 5.03 Å². The molecule has 1 unspecified atom stereocenters. The van der Waals surface area contributed by atoms with Crippen LogP contribution in [0.3, 0.4) is 0 Å². The van der Waals surface area contributed by atoms with Crippen molar-refractivity contribution in [1.29, 1.82) is 0 Å². The maximum Gasteiger partial charge on any atom is 0.416 e. The Hall–Kier alpha value is -3.10. The van der Waals surface area contributed by atoms with E-state index >= 15 is 0 Å². The Bertz CT molecular complexity index is 1320. The van der Waals surface area contributed by atoms with E-state index in [0.717, 1.165) is 40.2 Å². The smallest absolute Gasteiger partial charge is 0.324 e. The minimum absolute atomic E-state index is 0.0194. The number of halogens is 4. The summed E-state index contributed by atoms with van der Waals surface area (Å²) in [5.74, 6) is -0.501. The van der Waals surface area contributed by atoms with E-state index in [2.05, 4.69) is 15.5 Å². The summed E-state index contributed by atoms with van der Waals surface area (Å²) in [6, 6.07) is 20.0. The third kappa shape index (κ3) is 5.12. The molecule has 4 rings (SSSR count). The molecule has 0 aliphatic carbocycles. The zero-order valence-electron chi connectivity index (χ0n) is 17.2. The SMILES string of the molecule is CC(Sc1nnc(-c2ccccc2)c2ccccc12)C(=O)Nc1cc(C(F)(F)F)ccc1Cl. The molecule has 1 atom stereocenters. The molecule has 0 radical (unpaired) electrons. The van der Waals surface area contributed by atoms with Crippen molar-refractivity contribution < 1.29 is 18.0 Å². The van der Waals surface area contributed by atoms with Crippen molar-refractivity contribution in [1.82, 2.24) is 10.2 Å². The van der Waals surface area contributed by atoms with Crippen LogP contribution in [0.2, 0.25) is 5.02 Å². The van der Waals surface area contributed by atoms with Crippen molar-refractivity contribution >= 4 is 45.7 Å². The normalized spacial score (nSPS) is 12.5. The lowest BCUT2D eigenvalue weighted by molar-refractivity contribution is -0.137. The Morgan fingerprint density at radius 3 is 2.33 bits per heavy atom. The van der Waals surface area contributed by atoms with Crippen molar-refractivity contribution in [3.05, 3.63) is 83.4 Å². The summed E-state index contributed by atoms with van der Waals surface area (Å²) < 4.78 is 39.0. The molecule has 0 spiro atoms. The monoisotopic (exact) mass is 487 g/mol. The first-order valence-electron chi connectivity index (χ1n) is 9.89. The molecule has 1 heterocycles. The first kappa shape index (κ1) is 23.1. The van der Waals surface area contributed by atoms with Gasteiger partial charge in [-0.3, -0.25) is 4.79 Å². The van der Waals surface area contributed by atoms with E-state index in [-0.39, 0.29) is 10.7 Å². The van der Waals surface area contributed by atoms with Crippen molar-refractivity contribution in [2.75, 3.05) is 5.32 Å². The zero-order chi connectivity index (χ0) is 23.6. The van der Waals surface area contributed by atoms with Gasteiger partial charge in [0.25, 0.3) is 0 Å². The number of thioether (sulfide) groups is 1. The topological polar surface area (TPSA) is 54.9 Å². The fourth-order valence-corrected chi connectivity index (χ4v) is 4.29. The van der Waals surface area contributed by atoms with Gasteiger partial charge in [0.1, 0.15) is 10.7 Å². The van der Waals surface area contributed by atoms with E-state index in [4.69, 9.17) is 11.6 Å². The maximum absolute atomic E-state index is 13.0. The Labute approximate surface area is 197 Å². The molecule has 0 saturated carbocycles. The summed E-state index contributed by atoms with van der Waals surface area (Å²) in [6.45, 7) is 1.64. The van der Waals surface area contributed by atoms with Crippen LogP contribution >= 0.6 is 23.4 Å². The summed E-state index contributed by atoms with van der Waals surface area (Å²) in [5, 5.41) is 12.8. The molecule has 4 aromatic rings. The van der Waals surface area contributed by atoms with E-state index < -0.39 is 22.9 Å². The van der Waals surface area contributed by atoms with Crippen molar-refractivity contribution in [2.45, 2.75) is 23.4 Å². The average Bonchev–Trinajstić information content (AvgIpc) is 2.80. The minimum atomic E-state index is -4.54. The van der Waals surface area contributed by atoms with E-state index in [1.54, 1.807) is 6.92 Å². The van der Waals surface area contributed by atoms with Gasteiger partial charge in [0.05, 0.1) is 21.5 Å². The van der Waals surface area contributed by atoms with Gasteiger partial charge < -0.3 is 5.32 Å². The van der Waals surface area contributed by atoms with E-state index in [1.165, 1.54) is 11.8 Å². The van der Waals surface area contributed by atoms with Crippen LogP contribution in [0.5, 0.6) is 0 Å². The van der Waals surface area contributed by atoms with Gasteiger partial charge in [-0.1, -0.05) is 78.0 Å². The molecular weight excluding hydrogens is 471 g/mol. The van der Waals surface area contributed by atoms with Crippen LogP contribution in [0.1, 0.15) is 12.5 Å². The number of rotatable bonds is 5. The van der Waals surface area contributed by atoms with Gasteiger partial charge in [0, 0.05) is 16.3 Å². The molecule has 0 fully saturated rings. The van der Waals surface area contributed by atoms with Gasteiger partial charge in [-0.05, 0) is 25.1 Å². The van der Waals surface area contributed by atoms with Crippen LogP contribution in [0.15, 0.2) is 77.8 Å². The third-order valence-electron chi connectivity index (χ3n) is 4.91. The van der Waals surface area contributed by atoms with Gasteiger partial charge in [0.2, 0.25) is 5.91 Å². The van der Waals surface area contributed by atoms with Crippen LogP contribution in [-0.4, -0.2) is 21.4 Å². The molecule has 33 heavy (non-hydrogen) atoms. The summed E-state index contributed by atoms with van der Waals surface area (Å²) in [4.78, 5) is 12.7. The molecule has 1 amide bonds. The Morgan fingerprint density at radius 1 is 0.970 bits per heavy atom. The highest BCUT2D eigenvalue weighted by atomic mass is 35.5. The number of hydrogen-bond donors (Lipinski definition) is 1. The number of carbonyl (C=O) groups is 1. The minimum Gasteiger partial charge on any atom is -0.324 e. The van der Waals surface area contributed by atoms with E-state index in [9.17, 15) is 18.0 Å². The molecule has 168 valence electrons. The third-order valence-corrected chi connectivity index (χ3v) is 6.33. The predicted molar refractivity (Wildman–Crippen MR) is 125 cm³/mol. The number of alkyl halides is 3. The quantitative estimate of drug-likeness (QED) is 0.305. The first-order chi connectivity index (χ1) is 15.7. The molecule has 4 nitrogen and oxygen atoms in total. The molecule has 0 bridgehead atoms. The molecule has 0 aliphatic rings. The highest BCUT2D eigenvalue weighted by molar-refractivity contribution is 8.00. The Balaban J connectivity index is 1.59. The lowest BCUT2D eigenvalue weighted by atomic mass is 10.1. The highest BCUT2D eigenvalue weighted by Gasteiger charge is 2.31. The predicted octanol–water partition coefficient (Wildman–Crippen LogP) is 7.09. The molecule has 9 heteroatoms. The van der Waals surface area contributed by atoms with Crippen LogP contribution in [0.25, 0.3) is 22.0 Å². The largest absolute Gasteiger partial charge is 0.416 e. The van der Waals surface area contributed by atoms with E-state index in [1.807, 2.05) is 54.6 Å². The van der Waals surface area contributed by atoms with Crippen LogP contribution in [-0.2, 0) is 11.0 Å². The van der Waals surface area contributed by atoms with Gasteiger partial charge in [-0.2, -0.15) is 13.2 Å². The summed E-state index contributed by atoms with van der Waals surface area (Å²) >= 11 is 7.17. The number of hydrogen-bond acceptors (Lipinski definition) is 4. The van der Waals surface area contributed by atoms with Gasteiger partial charge in [0.15, 0.2) is 0 Å². The summed E-state index contributed by atoms with van der Waals surface area (Å²) in [6.07, 6.45) is -4.54. The van der Waals surface area contributed by atoms with Crippen molar-refractivity contribution in [3.8, 4) is 11.3 Å². The number of anilines is 1. The van der Waals surface area contributed by atoms with Crippen LogP contribution in [0, 0.1) is 0 Å². The number of aromatic nitrogens is 2. The van der Waals surface area contributed by atoms with Gasteiger partial charge in [-0.15, -0.1) is 10.2 Å². The summed E-state index contributed by atoms with van der Waals surface area (Å²) in [7, 11) is 0. The molecular formula is C24H17ClF3N3OS. The molecule has 0 aliphatic heterocycles. The van der Waals surface area contributed by atoms with Crippen molar-refractivity contribution in [3.63, 3.8) is 0 Å². The number of nitrogens with one attached hydrogen (secondary N) is 1. The zero-order valence-corrected chi connectivity index (χ0v) is 18.8. The molecule has 1 aromatic heterocycles. The van der Waals surface area contributed by atoms with Crippen LogP contribution < -0.4 is 5.32 Å². The van der Waals surface area contributed by atoms with Gasteiger partial charge in [-0.25, -0.2) is 0 Å². The Morgan fingerprint density at radius 2 is 1.64 bits per heavy atom. The fraction of sp³-hybridized carbons (Fsp3) is 0.125. The first-order valence-corrected chi connectivity index (χ1v) is 11.1. The Kier molecular flexibility index (Phi) is 6.58. The maximum atomic E-state index is 13.0. The standard InChI is InChI=1S/C24H17ClF3N3OS/c1-14(22(32)29-20-13-16(24(26,27)28)11-12-19(20)25)33-23-18-10-6-5-9-17(18)21(30-31-23)15-7-3-2-4-8-15/h2-14H,1H3,(H,29,32). The van der Waals surface area contributed by atoms with Gasteiger partial charge >= 0.3 is 6.18 Å². The van der Waals surface area contributed by atoms with Crippen LogP contribution in [0.4, 0.5) is 18.9 Å². The second-order valence-corrected chi connectivity index (χ2v) is 8.94. The second kappa shape index (κ2) is 9.41. The lowest BCUT2D eigenvalue weighted by Gasteiger charge is -2.15. The number of fused-ring (bicyclic) bond motifs is 1. The number of carbonyl (C=O) groups excluding carboxylic acids is 1. The lowest BCUT2D eigenvalue weighted by Crippen LogP contribution is -2.23. The second-order valence-electron chi connectivity index (χ2n) is 7.21.